The molecule has 1 heterocycles. The number of carbonyl (C=O) groups excluding carboxylic acids is 1. The van der Waals surface area contributed by atoms with Crippen LogP contribution in [0, 0.1) is 5.82 Å². The lowest BCUT2D eigenvalue weighted by Crippen LogP contribution is -2.40. The maximum absolute atomic E-state index is 13.2. The molecule has 0 radical (unpaired) electrons. The Morgan fingerprint density at radius 1 is 1.25 bits per heavy atom. The van der Waals surface area contributed by atoms with Crippen LogP contribution >= 0.6 is 0 Å². The summed E-state index contributed by atoms with van der Waals surface area (Å²) in [5.41, 5.74) is 1.67. The van der Waals surface area contributed by atoms with E-state index in [0.717, 1.165) is 30.5 Å². The molecule has 3 rings (SSSR count). The molecule has 2 N–H and O–H groups in total. The zero-order valence-corrected chi connectivity index (χ0v) is 13.4. The summed E-state index contributed by atoms with van der Waals surface area (Å²) >= 11 is 0. The number of carbonyl (C=O) groups is 1. The third-order valence-electron chi connectivity index (χ3n) is 4.09. The maximum atomic E-state index is 13.2. The molecule has 1 atom stereocenters. The van der Waals surface area contributed by atoms with E-state index in [1.807, 2.05) is 30.3 Å². The van der Waals surface area contributed by atoms with E-state index >= 15 is 0 Å². The first kappa shape index (κ1) is 16.5. The van der Waals surface area contributed by atoms with E-state index in [9.17, 15) is 9.18 Å². The predicted octanol–water partition coefficient (Wildman–Crippen LogP) is 2.77. The summed E-state index contributed by atoms with van der Waals surface area (Å²) in [6.45, 7) is 1.59. The minimum Gasteiger partial charge on any atom is -0.489 e. The average Bonchev–Trinajstić information content (AvgIpc) is 3.13. The van der Waals surface area contributed by atoms with Crippen molar-refractivity contribution in [3.8, 4) is 5.75 Å². The van der Waals surface area contributed by atoms with Crippen LogP contribution in [0.4, 0.5) is 4.39 Å². The standard InChI is InChI=1S/C19H21FN2O2/c20-16-7-3-5-14(11-16)13-24-18-9-2-1-6-15(18)12-22-19(23)17-8-4-10-21-17/h1-3,5-7,9,11,17,21H,4,8,10,12-13H2,(H,22,23)/t17-/m0/s1. The summed E-state index contributed by atoms with van der Waals surface area (Å²) in [6, 6.07) is 13.8. The topological polar surface area (TPSA) is 50.4 Å². The lowest BCUT2D eigenvalue weighted by molar-refractivity contribution is -0.122. The highest BCUT2D eigenvalue weighted by Crippen LogP contribution is 2.19. The molecule has 1 aliphatic rings. The van der Waals surface area contributed by atoms with Crippen LogP contribution in [0.1, 0.15) is 24.0 Å². The summed E-state index contributed by atoms with van der Waals surface area (Å²) in [6.07, 6.45) is 1.91. The fourth-order valence-corrected chi connectivity index (χ4v) is 2.79. The van der Waals surface area contributed by atoms with Crippen molar-refractivity contribution in [2.24, 2.45) is 0 Å². The van der Waals surface area contributed by atoms with E-state index in [0.29, 0.717) is 12.3 Å². The first-order valence-electron chi connectivity index (χ1n) is 8.18. The molecule has 0 saturated carbocycles. The Kier molecular flexibility index (Phi) is 5.43. The minimum atomic E-state index is -0.277. The highest BCUT2D eigenvalue weighted by Gasteiger charge is 2.21. The molecule has 24 heavy (non-hydrogen) atoms. The Bertz CT molecular complexity index is 699. The zero-order chi connectivity index (χ0) is 16.8. The van der Waals surface area contributed by atoms with Crippen LogP contribution < -0.4 is 15.4 Å². The van der Waals surface area contributed by atoms with E-state index in [1.165, 1.54) is 12.1 Å². The fourth-order valence-electron chi connectivity index (χ4n) is 2.79. The molecule has 2 aromatic carbocycles. The summed E-state index contributed by atoms with van der Waals surface area (Å²) in [5.74, 6) is 0.439. The van der Waals surface area contributed by atoms with Gasteiger partial charge in [-0.15, -0.1) is 0 Å². The Labute approximate surface area is 141 Å². The average molecular weight is 328 g/mol. The molecular weight excluding hydrogens is 307 g/mol. The van der Waals surface area contributed by atoms with Gasteiger partial charge in [0.15, 0.2) is 0 Å². The van der Waals surface area contributed by atoms with Gasteiger partial charge < -0.3 is 15.4 Å². The number of hydrogen-bond acceptors (Lipinski definition) is 3. The van der Waals surface area contributed by atoms with Crippen LogP contribution in [-0.4, -0.2) is 18.5 Å². The Balaban J connectivity index is 1.59. The van der Waals surface area contributed by atoms with Gasteiger partial charge in [0.05, 0.1) is 6.04 Å². The number of ether oxygens (including phenoxy) is 1. The second-order valence-corrected chi connectivity index (χ2v) is 5.89. The molecule has 0 aliphatic carbocycles. The van der Waals surface area contributed by atoms with Gasteiger partial charge >= 0.3 is 0 Å². The lowest BCUT2D eigenvalue weighted by Gasteiger charge is -2.14. The monoisotopic (exact) mass is 328 g/mol. The molecule has 4 nitrogen and oxygen atoms in total. The molecule has 1 aliphatic heterocycles. The number of halogens is 1. The molecule has 0 bridgehead atoms. The lowest BCUT2D eigenvalue weighted by atomic mass is 10.1. The SMILES string of the molecule is O=C(NCc1ccccc1OCc1cccc(F)c1)[C@@H]1CCCN1. The van der Waals surface area contributed by atoms with Crippen molar-refractivity contribution < 1.29 is 13.9 Å². The molecular formula is C19H21FN2O2. The maximum Gasteiger partial charge on any atom is 0.237 e. The molecule has 0 aromatic heterocycles. The van der Waals surface area contributed by atoms with Crippen LogP contribution in [0.5, 0.6) is 5.75 Å². The first-order valence-corrected chi connectivity index (χ1v) is 8.18. The Hall–Kier alpha value is -2.40. The van der Waals surface area contributed by atoms with Gasteiger partial charge in [0.25, 0.3) is 0 Å². The number of nitrogens with one attached hydrogen (secondary N) is 2. The van der Waals surface area contributed by atoms with E-state index in [4.69, 9.17) is 4.74 Å². The quantitative estimate of drug-likeness (QED) is 0.857. The molecule has 0 spiro atoms. The van der Waals surface area contributed by atoms with Crippen molar-refractivity contribution in [1.82, 2.24) is 10.6 Å². The highest BCUT2D eigenvalue weighted by molar-refractivity contribution is 5.82. The third kappa shape index (κ3) is 4.32. The van der Waals surface area contributed by atoms with Gasteiger partial charge in [0, 0.05) is 12.1 Å². The second kappa shape index (κ2) is 7.93. The van der Waals surface area contributed by atoms with Crippen LogP contribution in [0.25, 0.3) is 0 Å². The van der Waals surface area contributed by atoms with Gasteiger partial charge in [-0.25, -0.2) is 4.39 Å². The van der Waals surface area contributed by atoms with E-state index in [-0.39, 0.29) is 24.4 Å². The number of amides is 1. The Morgan fingerprint density at radius 2 is 2.12 bits per heavy atom. The molecule has 5 heteroatoms. The van der Waals surface area contributed by atoms with Crippen molar-refractivity contribution in [2.45, 2.75) is 32.0 Å². The van der Waals surface area contributed by atoms with Crippen molar-refractivity contribution >= 4 is 5.91 Å². The third-order valence-corrected chi connectivity index (χ3v) is 4.09. The summed E-state index contributed by atoms with van der Waals surface area (Å²) in [4.78, 5) is 12.1. The highest BCUT2D eigenvalue weighted by atomic mass is 19.1. The van der Waals surface area contributed by atoms with Gasteiger partial charge in [0.1, 0.15) is 18.2 Å². The number of hydrogen-bond donors (Lipinski definition) is 2. The number of rotatable bonds is 6. The van der Waals surface area contributed by atoms with Gasteiger partial charge in [-0.3, -0.25) is 4.79 Å². The molecule has 1 fully saturated rings. The van der Waals surface area contributed by atoms with Gasteiger partial charge in [0.2, 0.25) is 5.91 Å². The van der Waals surface area contributed by atoms with E-state index < -0.39 is 0 Å². The largest absolute Gasteiger partial charge is 0.489 e. The minimum absolute atomic E-state index is 0.0208. The van der Waals surface area contributed by atoms with Crippen LogP contribution in [0.2, 0.25) is 0 Å². The molecule has 2 aromatic rings. The van der Waals surface area contributed by atoms with Crippen LogP contribution in [0.15, 0.2) is 48.5 Å². The predicted molar refractivity (Wildman–Crippen MR) is 90.0 cm³/mol. The molecule has 0 unspecified atom stereocenters. The second-order valence-electron chi connectivity index (χ2n) is 5.89. The zero-order valence-electron chi connectivity index (χ0n) is 13.4. The van der Waals surface area contributed by atoms with E-state index in [2.05, 4.69) is 10.6 Å². The van der Waals surface area contributed by atoms with Crippen molar-refractivity contribution in [3.05, 3.63) is 65.5 Å². The fraction of sp³-hybridized carbons (Fsp3) is 0.316. The smallest absolute Gasteiger partial charge is 0.237 e. The normalized spacial score (nSPS) is 16.8. The van der Waals surface area contributed by atoms with E-state index in [1.54, 1.807) is 6.07 Å². The van der Waals surface area contributed by atoms with Crippen molar-refractivity contribution in [2.75, 3.05) is 6.54 Å². The van der Waals surface area contributed by atoms with Crippen molar-refractivity contribution in [1.29, 1.82) is 0 Å². The summed E-state index contributed by atoms with van der Waals surface area (Å²) < 4.78 is 19.0. The number of benzene rings is 2. The number of para-hydroxylation sites is 1. The molecule has 1 amide bonds. The van der Waals surface area contributed by atoms with Crippen LogP contribution in [-0.2, 0) is 17.9 Å². The molecule has 1 saturated heterocycles. The van der Waals surface area contributed by atoms with Crippen molar-refractivity contribution in [3.63, 3.8) is 0 Å². The van der Waals surface area contributed by atoms with Gasteiger partial charge in [-0.2, -0.15) is 0 Å². The summed E-state index contributed by atoms with van der Waals surface area (Å²) in [5, 5.41) is 6.13. The van der Waals surface area contributed by atoms with Gasteiger partial charge in [-0.05, 0) is 43.1 Å². The van der Waals surface area contributed by atoms with Gasteiger partial charge in [-0.1, -0.05) is 30.3 Å². The first-order chi connectivity index (χ1) is 11.7. The molecule has 126 valence electrons. The van der Waals surface area contributed by atoms with Crippen LogP contribution in [0.3, 0.4) is 0 Å². The summed E-state index contributed by atoms with van der Waals surface area (Å²) in [7, 11) is 0. The Morgan fingerprint density at radius 3 is 2.92 bits per heavy atom.